The fourth-order valence-corrected chi connectivity index (χ4v) is 2.76. The molecule has 1 fully saturated rings. The van der Waals surface area contributed by atoms with Crippen molar-refractivity contribution in [1.29, 1.82) is 0 Å². The zero-order valence-electron chi connectivity index (χ0n) is 10.3. The molecule has 3 N–H and O–H groups in total. The van der Waals surface area contributed by atoms with Crippen molar-refractivity contribution in [2.75, 3.05) is 5.73 Å². The Morgan fingerprint density at radius 3 is 2.31 bits per heavy atom. The van der Waals surface area contributed by atoms with Gasteiger partial charge in [0.05, 0.1) is 0 Å². The van der Waals surface area contributed by atoms with Crippen molar-refractivity contribution in [2.24, 2.45) is 5.92 Å². The molecular weight excluding hydrogens is 200 g/mol. The lowest BCUT2D eigenvalue weighted by Crippen LogP contribution is -2.30. The summed E-state index contributed by atoms with van der Waals surface area (Å²) in [5.74, 6) is 2.00. The van der Waals surface area contributed by atoms with Crippen LogP contribution in [-0.4, -0.2) is 15.2 Å². The minimum atomic E-state index is 0.0644. The molecular formula is C12H22N4. The molecule has 0 saturated heterocycles. The highest BCUT2D eigenvalue weighted by atomic mass is 15.3. The highest BCUT2D eigenvalue weighted by molar-refractivity contribution is 5.17. The van der Waals surface area contributed by atoms with Gasteiger partial charge < -0.3 is 5.73 Å². The van der Waals surface area contributed by atoms with Gasteiger partial charge in [0.1, 0.15) is 5.82 Å². The predicted molar refractivity (Wildman–Crippen MR) is 65.0 cm³/mol. The zero-order chi connectivity index (χ0) is 11.6. The number of aromatic nitrogens is 3. The molecule has 0 radical (unpaired) electrons. The minimum absolute atomic E-state index is 0.0644. The van der Waals surface area contributed by atoms with Gasteiger partial charge in [0.2, 0.25) is 5.95 Å². The fourth-order valence-electron chi connectivity index (χ4n) is 2.76. The Kier molecular flexibility index (Phi) is 3.17. The second-order valence-corrected chi connectivity index (χ2v) is 5.45. The SMILES string of the molecule is CC(C)(c1nc(N)n[nH]1)C1CCCCCC1. The molecule has 0 amide bonds. The number of nitrogens with one attached hydrogen (secondary N) is 1. The molecule has 1 aliphatic carbocycles. The summed E-state index contributed by atoms with van der Waals surface area (Å²) in [6, 6.07) is 0. The van der Waals surface area contributed by atoms with Crippen molar-refractivity contribution in [2.45, 2.75) is 57.8 Å². The Hall–Kier alpha value is -1.06. The Labute approximate surface area is 97.0 Å². The summed E-state index contributed by atoms with van der Waals surface area (Å²) < 4.78 is 0. The zero-order valence-corrected chi connectivity index (χ0v) is 10.3. The Morgan fingerprint density at radius 2 is 1.81 bits per heavy atom. The highest BCUT2D eigenvalue weighted by Gasteiger charge is 2.34. The molecule has 16 heavy (non-hydrogen) atoms. The van der Waals surface area contributed by atoms with Crippen molar-refractivity contribution in [1.82, 2.24) is 15.2 Å². The quantitative estimate of drug-likeness (QED) is 0.756. The number of hydrogen-bond donors (Lipinski definition) is 2. The molecule has 90 valence electrons. The molecule has 2 rings (SSSR count). The second kappa shape index (κ2) is 4.44. The molecule has 0 aliphatic heterocycles. The first-order valence-electron chi connectivity index (χ1n) is 6.29. The van der Waals surface area contributed by atoms with Gasteiger partial charge in [-0.2, -0.15) is 4.98 Å². The van der Waals surface area contributed by atoms with Crippen LogP contribution >= 0.6 is 0 Å². The molecule has 0 unspecified atom stereocenters. The normalized spacial score (nSPS) is 19.6. The van der Waals surface area contributed by atoms with E-state index in [1.54, 1.807) is 0 Å². The first-order valence-corrected chi connectivity index (χ1v) is 6.29. The van der Waals surface area contributed by atoms with Crippen LogP contribution in [0.5, 0.6) is 0 Å². The van der Waals surface area contributed by atoms with Crippen molar-refractivity contribution in [3.8, 4) is 0 Å². The molecule has 0 atom stereocenters. The summed E-state index contributed by atoms with van der Waals surface area (Å²) >= 11 is 0. The smallest absolute Gasteiger partial charge is 0.239 e. The van der Waals surface area contributed by atoms with Crippen LogP contribution in [0.15, 0.2) is 0 Å². The van der Waals surface area contributed by atoms with Gasteiger partial charge in [-0.3, -0.25) is 5.10 Å². The van der Waals surface area contributed by atoms with Crippen LogP contribution in [0.2, 0.25) is 0 Å². The first kappa shape index (κ1) is 11.4. The maximum Gasteiger partial charge on any atom is 0.239 e. The lowest BCUT2D eigenvalue weighted by atomic mass is 9.74. The van der Waals surface area contributed by atoms with E-state index in [0.29, 0.717) is 11.9 Å². The summed E-state index contributed by atoms with van der Waals surface area (Å²) in [6.45, 7) is 4.51. The van der Waals surface area contributed by atoms with E-state index in [0.717, 1.165) is 5.82 Å². The first-order chi connectivity index (χ1) is 7.60. The monoisotopic (exact) mass is 222 g/mol. The largest absolute Gasteiger partial charge is 0.367 e. The highest BCUT2D eigenvalue weighted by Crippen LogP contribution is 2.38. The van der Waals surface area contributed by atoms with Crippen LogP contribution in [0.3, 0.4) is 0 Å². The standard InChI is InChI=1S/C12H22N4/c1-12(2,10-14-11(13)16-15-10)9-7-5-3-4-6-8-9/h9H,3-8H2,1-2H3,(H3,13,14,15,16). The van der Waals surface area contributed by atoms with E-state index < -0.39 is 0 Å². The van der Waals surface area contributed by atoms with Crippen LogP contribution in [0.25, 0.3) is 0 Å². The number of nitrogen functional groups attached to an aromatic ring is 1. The van der Waals surface area contributed by atoms with Crippen molar-refractivity contribution in [3.05, 3.63) is 5.82 Å². The van der Waals surface area contributed by atoms with Gasteiger partial charge in [-0.05, 0) is 18.8 Å². The van der Waals surface area contributed by atoms with Gasteiger partial charge in [-0.25, -0.2) is 0 Å². The average Bonchev–Trinajstić information content (AvgIpc) is 2.54. The maximum atomic E-state index is 5.58. The molecule has 0 aromatic carbocycles. The molecule has 1 heterocycles. The van der Waals surface area contributed by atoms with Gasteiger partial charge in [0.25, 0.3) is 0 Å². The molecule has 4 heteroatoms. The van der Waals surface area contributed by atoms with Crippen LogP contribution in [0.1, 0.15) is 58.2 Å². The molecule has 1 aromatic rings. The average molecular weight is 222 g/mol. The van der Waals surface area contributed by atoms with E-state index in [4.69, 9.17) is 5.73 Å². The fraction of sp³-hybridized carbons (Fsp3) is 0.833. The van der Waals surface area contributed by atoms with Crippen molar-refractivity contribution < 1.29 is 0 Å². The third-order valence-corrected chi connectivity index (χ3v) is 3.99. The molecule has 0 spiro atoms. The van der Waals surface area contributed by atoms with E-state index in [1.807, 2.05) is 0 Å². The number of hydrogen-bond acceptors (Lipinski definition) is 3. The number of aromatic amines is 1. The van der Waals surface area contributed by atoms with Gasteiger partial charge in [0, 0.05) is 5.41 Å². The van der Waals surface area contributed by atoms with Gasteiger partial charge in [0.15, 0.2) is 0 Å². The number of anilines is 1. The lowest BCUT2D eigenvalue weighted by molar-refractivity contribution is 0.271. The van der Waals surface area contributed by atoms with E-state index in [-0.39, 0.29) is 5.41 Å². The number of H-pyrrole nitrogens is 1. The number of rotatable bonds is 2. The molecule has 1 aromatic heterocycles. The van der Waals surface area contributed by atoms with E-state index >= 15 is 0 Å². The van der Waals surface area contributed by atoms with Crippen molar-refractivity contribution >= 4 is 5.95 Å². The van der Waals surface area contributed by atoms with Crippen LogP contribution in [0, 0.1) is 5.92 Å². The Balaban J connectivity index is 2.16. The summed E-state index contributed by atoms with van der Waals surface area (Å²) in [5, 5.41) is 6.92. The number of nitrogens with zero attached hydrogens (tertiary/aromatic N) is 2. The van der Waals surface area contributed by atoms with Crippen molar-refractivity contribution in [3.63, 3.8) is 0 Å². The number of nitrogens with two attached hydrogens (primary N) is 1. The molecule has 4 nitrogen and oxygen atoms in total. The Morgan fingerprint density at radius 1 is 1.19 bits per heavy atom. The van der Waals surface area contributed by atoms with E-state index in [9.17, 15) is 0 Å². The Bertz CT molecular complexity index is 335. The van der Waals surface area contributed by atoms with Gasteiger partial charge in [-0.15, -0.1) is 5.10 Å². The second-order valence-electron chi connectivity index (χ2n) is 5.45. The molecule has 1 saturated carbocycles. The third kappa shape index (κ3) is 2.20. The minimum Gasteiger partial charge on any atom is -0.367 e. The topological polar surface area (TPSA) is 67.6 Å². The van der Waals surface area contributed by atoms with Crippen LogP contribution in [-0.2, 0) is 5.41 Å². The summed E-state index contributed by atoms with van der Waals surface area (Å²) in [4.78, 5) is 4.30. The molecule has 0 bridgehead atoms. The van der Waals surface area contributed by atoms with Gasteiger partial charge in [-0.1, -0.05) is 39.5 Å². The van der Waals surface area contributed by atoms with E-state index in [1.165, 1.54) is 38.5 Å². The van der Waals surface area contributed by atoms with Gasteiger partial charge >= 0.3 is 0 Å². The lowest BCUT2D eigenvalue weighted by Gasteiger charge is -2.31. The third-order valence-electron chi connectivity index (χ3n) is 3.99. The van der Waals surface area contributed by atoms with Crippen LogP contribution < -0.4 is 5.73 Å². The summed E-state index contributed by atoms with van der Waals surface area (Å²) in [7, 11) is 0. The molecule has 1 aliphatic rings. The van der Waals surface area contributed by atoms with Crippen LogP contribution in [0.4, 0.5) is 5.95 Å². The summed E-state index contributed by atoms with van der Waals surface area (Å²) in [5.41, 5.74) is 5.65. The summed E-state index contributed by atoms with van der Waals surface area (Å²) in [6.07, 6.45) is 8.05. The van der Waals surface area contributed by atoms with E-state index in [2.05, 4.69) is 29.0 Å². The predicted octanol–water partition coefficient (Wildman–Crippen LogP) is 2.63. The maximum absolute atomic E-state index is 5.58.